The number of aryl methyl sites for hydroxylation is 1. The fraction of sp³-hybridized carbons (Fsp3) is 0.300. The van der Waals surface area contributed by atoms with Gasteiger partial charge in [0, 0.05) is 13.6 Å². The van der Waals surface area contributed by atoms with Crippen molar-refractivity contribution in [2.24, 2.45) is 0 Å². The van der Waals surface area contributed by atoms with Gasteiger partial charge in [-0.15, -0.1) is 0 Å². The molecular formula is C20H23FN2O4. The number of hydrogen-bond donors (Lipinski definition) is 1. The number of rotatable bonds is 7. The van der Waals surface area contributed by atoms with E-state index in [1.807, 2.05) is 19.1 Å². The molecule has 0 aliphatic rings. The van der Waals surface area contributed by atoms with Crippen molar-refractivity contribution in [3.63, 3.8) is 0 Å². The molecule has 0 aromatic heterocycles. The summed E-state index contributed by atoms with van der Waals surface area (Å²) < 4.78 is 24.2. The lowest BCUT2D eigenvalue weighted by Crippen LogP contribution is -2.38. The highest BCUT2D eigenvalue weighted by molar-refractivity contribution is 5.96. The van der Waals surface area contributed by atoms with Crippen LogP contribution in [0.25, 0.3) is 0 Å². The number of likely N-dealkylation sites (N-methyl/N-ethyl adjacent to an activating group) is 1. The molecule has 0 aliphatic carbocycles. The normalized spacial score (nSPS) is 10.3. The highest BCUT2D eigenvalue weighted by Crippen LogP contribution is 2.30. The topological polar surface area (TPSA) is 67.9 Å². The predicted octanol–water partition coefficient (Wildman–Crippen LogP) is 2.54. The van der Waals surface area contributed by atoms with Gasteiger partial charge in [-0.25, -0.2) is 4.39 Å². The summed E-state index contributed by atoms with van der Waals surface area (Å²) in [6.07, 6.45) is 0. The van der Waals surface area contributed by atoms with E-state index in [0.717, 1.165) is 11.1 Å². The third-order valence-electron chi connectivity index (χ3n) is 4.19. The van der Waals surface area contributed by atoms with Crippen LogP contribution >= 0.6 is 0 Å². The Morgan fingerprint density at radius 3 is 2.37 bits per heavy atom. The van der Waals surface area contributed by atoms with Gasteiger partial charge in [-0.05, 0) is 42.3 Å². The number of hydrogen-bond acceptors (Lipinski definition) is 4. The first-order chi connectivity index (χ1) is 12.9. The van der Waals surface area contributed by atoms with Gasteiger partial charge in [0.1, 0.15) is 5.82 Å². The Morgan fingerprint density at radius 1 is 1.11 bits per heavy atom. The van der Waals surface area contributed by atoms with E-state index in [2.05, 4.69) is 5.32 Å². The molecule has 0 radical (unpaired) electrons. The minimum atomic E-state index is -0.628. The monoisotopic (exact) mass is 374 g/mol. The summed E-state index contributed by atoms with van der Waals surface area (Å²) in [7, 11) is 4.74. The second-order valence-corrected chi connectivity index (χ2v) is 6.05. The number of benzene rings is 2. The molecule has 27 heavy (non-hydrogen) atoms. The molecule has 0 heterocycles. The van der Waals surface area contributed by atoms with Crippen molar-refractivity contribution in [1.82, 2.24) is 10.2 Å². The maximum atomic E-state index is 13.6. The number of amides is 2. The summed E-state index contributed by atoms with van der Waals surface area (Å²) in [6.45, 7) is 2.02. The summed E-state index contributed by atoms with van der Waals surface area (Å²) >= 11 is 0. The quantitative estimate of drug-likeness (QED) is 0.809. The highest BCUT2D eigenvalue weighted by atomic mass is 19.1. The molecular weight excluding hydrogens is 351 g/mol. The fourth-order valence-corrected chi connectivity index (χ4v) is 2.57. The van der Waals surface area contributed by atoms with Crippen LogP contribution in [0, 0.1) is 12.7 Å². The van der Waals surface area contributed by atoms with Crippen LogP contribution < -0.4 is 14.8 Å². The Morgan fingerprint density at radius 2 is 1.74 bits per heavy atom. The average molecular weight is 374 g/mol. The van der Waals surface area contributed by atoms with Crippen molar-refractivity contribution in [1.29, 1.82) is 0 Å². The van der Waals surface area contributed by atoms with Crippen molar-refractivity contribution in [3.05, 3.63) is 58.9 Å². The lowest BCUT2D eigenvalue weighted by molar-refractivity contribution is -0.129. The van der Waals surface area contributed by atoms with Crippen molar-refractivity contribution >= 4 is 11.8 Å². The number of ether oxygens (including phenoxy) is 2. The molecule has 7 heteroatoms. The first-order valence-electron chi connectivity index (χ1n) is 8.35. The third kappa shape index (κ3) is 4.97. The van der Waals surface area contributed by atoms with Gasteiger partial charge in [0.2, 0.25) is 5.91 Å². The zero-order valence-electron chi connectivity index (χ0n) is 15.8. The largest absolute Gasteiger partial charge is 0.493 e. The number of nitrogens with zero attached hydrogens (tertiary/aromatic N) is 1. The van der Waals surface area contributed by atoms with E-state index in [-0.39, 0.29) is 18.0 Å². The number of methoxy groups -OCH3 is 2. The van der Waals surface area contributed by atoms with Crippen molar-refractivity contribution < 1.29 is 23.5 Å². The second-order valence-electron chi connectivity index (χ2n) is 6.05. The summed E-state index contributed by atoms with van der Waals surface area (Å²) in [5, 5.41) is 2.45. The maximum absolute atomic E-state index is 13.6. The van der Waals surface area contributed by atoms with Crippen LogP contribution in [0.2, 0.25) is 0 Å². The van der Waals surface area contributed by atoms with E-state index in [1.54, 1.807) is 27.3 Å². The molecule has 0 bridgehead atoms. The molecule has 6 nitrogen and oxygen atoms in total. The van der Waals surface area contributed by atoms with E-state index in [0.29, 0.717) is 18.0 Å². The minimum absolute atomic E-state index is 0.0938. The molecule has 2 aromatic rings. The van der Waals surface area contributed by atoms with Crippen LogP contribution in [-0.4, -0.2) is 44.5 Å². The molecule has 144 valence electrons. The second kappa shape index (κ2) is 9.02. The van der Waals surface area contributed by atoms with Gasteiger partial charge in [-0.1, -0.05) is 12.1 Å². The van der Waals surface area contributed by atoms with Crippen LogP contribution in [0.1, 0.15) is 21.5 Å². The standard InChI is InChI=1S/C20H23FN2O4/c1-13-9-17(26-3)18(27-4)10-14(13)12-23(2)19(24)11-22-20(25)15-7-5-6-8-16(15)21/h5-10H,11-12H2,1-4H3,(H,22,25). The Balaban J connectivity index is 2.00. The molecule has 0 unspecified atom stereocenters. The van der Waals surface area contributed by atoms with Gasteiger partial charge in [-0.2, -0.15) is 0 Å². The number of nitrogens with one attached hydrogen (secondary N) is 1. The molecule has 0 fully saturated rings. The Hall–Kier alpha value is -3.09. The maximum Gasteiger partial charge on any atom is 0.254 e. The fourth-order valence-electron chi connectivity index (χ4n) is 2.57. The Bertz CT molecular complexity index is 839. The first kappa shape index (κ1) is 20.2. The minimum Gasteiger partial charge on any atom is -0.493 e. The van der Waals surface area contributed by atoms with Gasteiger partial charge >= 0.3 is 0 Å². The van der Waals surface area contributed by atoms with Gasteiger partial charge in [-0.3, -0.25) is 9.59 Å². The Labute approximate surface area is 157 Å². The molecule has 0 spiro atoms. The van der Waals surface area contributed by atoms with Gasteiger partial charge in [0.05, 0.1) is 26.3 Å². The summed E-state index contributed by atoms with van der Waals surface area (Å²) in [6, 6.07) is 9.28. The first-order valence-corrected chi connectivity index (χ1v) is 8.35. The van der Waals surface area contributed by atoms with Crippen LogP contribution in [0.5, 0.6) is 11.5 Å². The van der Waals surface area contributed by atoms with Crippen molar-refractivity contribution in [3.8, 4) is 11.5 Å². The molecule has 2 aromatic carbocycles. The van der Waals surface area contributed by atoms with E-state index in [9.17, 15) is 14.0 Å². The molecule has 0 atom stereocenters. The average Bonchev–Trinajstić information content (AvgIpc) is 2.67. The van der Waals surface area contributed by atoms with Gasteiger partial charge in [0.15, 0.2) is 11.5 Å². The van der Waals surface area contributed by atoms with E-state index in [1.165, 1.54) is 23.1 Å². The van der Waals surface area contributed by atoms with E-state index < -0.39 is 11.7 Å². The summed E-state index contributed by atoms with van der Waals surface area (Å²) in [4.78, 5) is 25.8. The number of carbonyl (C=O) groups excluding carboxylic acids is 2. The molecule has 2 rings (SSSR count). The zero-order chi connectivity index (χ0) is 20.0. The molecule has 0 aliphatic heterocycles. The van der Waals surface area contributed by atoms with E-state index >= 15 is 0 Å². The van der Waals surface area contributed by atoms with Crippen molar-refractivity contribution in [2.75, 3.05) is 27.8 Å². The van der Waals surface area contributed by atoms with E-state index in [4.69, 9.17) is 9.47 Å². The third-order valence-corrected chi connectivity index (χ3v) is 4.19. The summed E-state index contributed by atoms with van der Waals surface area (Å²) in [5.74, 6) is -0.362. The van der Waals surface area contributed by atoms with Crippen LogP contribution in [-0.2, 0) is 11.3 Å². The van der Waals surface area contributed by atoms with Gasteiger partial charge < -0.3 is 19.7 Å². The molecule has 2 amide bonds. The lowest BCUT2D eigenvalue weighted by Gasteiger charge is -2.20. The Kier molecular flexibility index (Phi) is 6.76. The van der Waals surface area contributed by atoms with Crippen LogP contribution in [0.15, 0.2) is 36.4 Å². The smallest absolute Gasteiger partial charge is 0.254 e. The lowest BCUT2D eigenvalue weighted by atomic mass is 10.1. The number of carbonyl (C=O) groups is 2. The van der Waals surface area contributed by atoms with Crippen molar-refractivity contribution in [2.45, 2.75) is 13.5 Å². The summed E-state index contributed by atoms with van der Waals surface area (Å²) in [5.41, 5.74) is 1.75. The zero-order valence-corrected chi connectivity index (χ0v) is 15.8. The molecule has 1 N–H and O–H groups in total. The molecule has 0 saturated carbocycles. The van der Waals surface area contributed by atoms with Crippen LogP contribution in [0.4, 0.5) is 4.39 Å². The highest BCUT2D eigenvalue weighted by Gasteiger charge is 2.16. The molecule has 0 saturated heterocycles. The SMILES string of the molecule is COc1cc(C)c(CN(C)C(=O)CNC(=O)c2ccccc2F)cc1OC. The number of halogens is 1. The van der Waals surface area contributed by atoms with Gasteiger partial charge in [0.25, 0.3) is 5.91 Å². The van der Waals surface area contributed by atoms with Crippen LogP contribution in [0.3, 0.4) is 0 Å². The predicted molar refractivity (Wildman–Crippen MR) is 99.5 cm³/mol.